The Morgan fingerprint density at radius 3 is 2.48 bits per heavy atom. The summed E-state index contributed by atoms with van der Waals surface area (Å²) in [5.41, 5.74) is 0.639. The van der Waals surface area contributed by atoms with Crippen LogP contribution in [0.2, 0.25) is 0 Å². The van der Waals surface area contributed by atoms with Gasteiger partial charge in [-0.15, -0.1) is 0 Å². The van der Waals surface area contributed by atoms with E-state index in [2.05, 4.69) is 29.0 Å². The first kappa shape index (κ1) is 17.4. The van der Waals surface area contributed by atoms with Crippen LogP contribution in [0, 0.1) is 5.92 Å². The van der Waals surface area contributed by atoms with Gasteiger partial charge in [-0.2, -0.15) is 0 Å². The molecule has 1 fully saturated rings. The molecule has 0 unspecified atom stereocenters. The molecule has 126 valence electrons. The number of nitrogens with one attached hydrogen (secondary N) is 1. The number of amides is 2. The number of aromatic nitrogens is 1. The molecule has 0 spiro atoms. The summed E-state index contributed by atoms with van der Waals surface area (Å²) in [6.07, 6.45) is 0.922. The lowest BCUT2D eigenvalue weighted by molar-refractivity contribution is 0.0658. The molecule has 0 radical (unpaired) electrons. The average Bonchev–Trinajstić information content (AvgIpc) is 2.54. The molecule has 0 saturated carbocycles. The zero-order valence-corrected chi connectivity index (χ0v) is 14.2. The van der Waals surface area contributed by atoms with Crippen molar-refractivity contribution in [2.75, 3.05) is 39.8 Å². The fourth-order valence-corrected chi connectivity index (χ4v) is 2.42. The molecule has 2 amide bonds. The van der Waals surface area contributed by atoms with Gasteiger partial charge in [0.25, 0.3) is 11.8 Å². The third-order valence-corrected chi connectivity index (χ3v) is 4.00. The zero-order valence-electron chi connectivity index (χ0n) is 14.2. The molecule has 1 saturated heterocycles. The SMILES string of the molecule is CC(C)CCNC(=O)c1cccc(C(=O)N2CCN(C)CC2)n1. The van der Waals surface area contributed by atoms with Gasteiger partial charge in [0.2, 0.25) is 0 Å². The molecule has 0 bridgehead atoms. The van der Waals surface area contributed by atoms with Crippen LogP contribution < -0.4 is 5.32 Å². The Bertz CT molecular complexity index is 551. The molecule has 0 atom stereocenters. The van der Waals surface area contributed by atoms with Gasteiger partial charge < -0.3 is 15.1 Å². The molecule has 0 aromatic carbocycles. The predicted octanol–water partition coefficient (Wildman–Crippen LogP) is 1.25. The number of carbonyl (C=O) groups excluding carboxylic acids is 2. The lowest BCUT2D eigenvalue weighted by Crippen LogP contribution is -2.47. The van der Waals surface area contributed by atoms with Crippen molar-refractivity contribution in [3.8, 4) is 0 Å². The Morgan fingerprint density at radius 2 is 1.83 bits per heavy atom. The molecule has 6 heteroatoms. The average molecular weight is 318 g/mol. The number of likely N-dealkylation sites (N-methyl/N-ethyl adjacent to an activating group) is 1. The summed E-state index contributed by atoms with van der Waals surface area (Å²) in [6.45, 7) is 7.96. The molecule has 6 nitrogen and oxygen atoms in total. The summed E-state index contributed by atoms with van der Waals surface area (Å²) in [5, 5.41) is 2.85. The number of hydrogen-bond acceptors (Lipinski definition) is 4. The number of rotatable bonds is 5. The van der Waals surface area contributed by atoms with E-state index in [4.69, 9.17) is 0 Å². The van der Waals surface area contributed by atoms with Crippen molar-refractivity contribution in [1.82, 2.24) is 20.1 Å². The van der Waals surface area contributed by atoms with E-state index in [0.717, 1.165) is 19.5 Å². The third kappa shape index (κ3) is 5.03. The number of pyridine rings is 1. The van der Waals surface area contributed by atoms with Gasteiger partial charge in [0, 0.05) is 32.7 Å². The number of nitrogens with zero attached hydrogens (tertiary/aromatic N) is 3. The largest absolute Gasteiger partial charge is 0.351 e. The van der Waals surface area contributed by atoms with Gasteiger partial charge in [-0.1, -0.05) is 19.9 Å². The molecule has 2 heterocycles. The summed E-state index contributed by atoms with van der Waals surface area (Å²) in [6, 6.07) is 5.03. The van der Waals surface area contributed by atoms with E-state index >= 15 is 0 Å². The quantitative estimate of drug-likeness (QED) is 0.887. The second-order valence-corrected chi connectivity index (χ2v) is 6.44. The molecule has 2 rings (SSSR count). The zero-order chi connectivity index (χ0) is 16.8. The van der Waals surface area contributed by atoms with E-state index in [1.807, 2.05) is 7.05 Å². The van der Waals surface area contributed by atoms with Crippen LogP contribution in [0.15, 0.2) is 18.2 Å². The highest BCUT2D eigenvalue weighted by Crippen LogP contribution is 2.07. The standard InChI is InChI=1S/C17H26N4O2/c1-13(2)7-8-18-16(22)14-5-4-6-15(19-14)17(23)21-11-9-20(3)10-12-21/h4-6,13H,7-12H2,1-3H3,(H,18,22). The normalized spacial score (nSPS) is 15.7. The Balaban J connectivity index is 1.98. The van der Waals surface area contributed by atoms with Crippen molar-refractivity contribution < 1.29 is 9.59 Å². The number of hydrogen-bond donors (Lipinski definition) is 1. The van der Waals surface area contributed by atoms with Crippen molar-refractivity contribution in [3.05, 3.63) is 29.6 Å². The van der Waals surface area contributed by atoms with E-state index in [-0.39, 0.29) is 11.8 Å². The van der Waals surface area contributed by atoms with E-state index in [1.54, 1.807) is 23.1 Å². The predicted molar refractivity (Wildman–Crippen MR) is 89.4 cm³/mol. The van der Waals surface area contributed by atoms with E-state index < -0.39 is 0 Å². The summed E-state index contributed by atoms with van der Waals surface area (Å²) in [7, 11) is 2.04. The summed E-state index contributed by atoms with van der Waals surface area (Å²) >= 11 is 0. The van der Waals surface area contributed by atoms with Gasteiger partial charge in [0.1, 0.15) is 11.4 Å². The smallest absolute Gasteiger partial charge is 0.272 e. The summed E-state index contributed by atoms with van der Waals surface area (Å²) < 4.78 is 0. The maximum Gasteiger partial charge on any atom is 0.272 e. The molecule has 0 aliphatic carbocycles. The van der Waals surface area contributed by atoms with Crippen molar-refractivity contribution in [1.29, 1.82) is 0 Å². The topological polar surface area (TPSA) is 65.5 Å². The molecule has 23 heavy (non-hydrogen) atoms. The first-order valence-corrected chi connectivity index (χ1v) is 8.20. The molecule has 1 aromatic rings. The molecular formula is C17H26N4O2. The summed E-state index contributed by atoms with van der Waals surface area (Å²) in [5.74, 6) is 0.210. The van der Waals surface area contributed by atoms with Crippen molar-refractivity contribution in [2.45, 2.75) is 20.3 Å². The maximum absolute atomic E-state index is 12.5. The van der Waals surface area contributed by atoms with Crippen LogP contribution in [-0.2, 0) is 0 Å². The van der Waals surface area contributed by atoms with Gasteiger partial charge >= 0.3 is 0 Å². The minimum atomic E-state index is -0.223. The second kappa shape index (κ2) is 8.06. The lowest BCUT2D eigenvalue weighted by Gasteiger charge is -2.32. The Kier molecular flexibility index (Phi) is 6.10. The van der Waals surface area contributed by atoms with Crippen LogP contribution in [0.4, 0.5) is 0 Å². The number of piperazine rings is 1. The van der Waals surface area contributed by atoms with Crippen LogP contribution in [0.25, 0.3) is 0 Å². The van der Waals surface area contributed by atoms with Crippen molar-refractivity contribution in [2.24, 2.45) is 5.92 Å². The van der Waals surface area contributed by atoms with Crippen LogP contribution >= 0.6 is 0 Å². The van der Waals surface area contributed by atoms with E-state index in [9.17, 15) is 9.59 Å². The molecule has 1 N–H and O–H groups in total. The monoisotopic (exact) mass is 318 g/mol. The highest BCUT2D eigenvalue weighted by Gasteiger charge is 2.22. The Labute approximate surface area is 137 Å². The Hall–Kier alpha value is -1.95. The fraction of sp³-hybridized carbons (Fsp3) is 0.588. The van der Waals surface area contributed by atoms with Crippen LogP contribution in [0.1, 0.15) is 41.2 Å². The summed E-state index contributed by atoms with van der Waals surface area (Å²) in [4.78, 5) is 32.8. The van der Waals surface area contributed by atoms with Crippen LogP contribution in [0.3, 0.4) is 0 Å². The molecule has 1 aliphatic heterocycles. The lowest BCUT2D eigenvalue weighted by atomic mass is 10.1. The molecule has 1 aromatic heterocycles. The van der Waals surface area contributed by atoms with Crippen LogP contribution in [0.5, 0.6) is 0 Å². The maximum atomic E-state index is 12.5. The van der Waals surface area contributed by atoms with E-state index in [0.29, 0.717) is 36.9 Å². The Morgan fingerprint density at radius 1 is 1.17 bits per heavy atom. The first-order valence-electron chi connectivity index (χ1n) is 8.20. The van der Waals surface area contributed by atoms with Crippen molar-refractivity contribution >= 4 is 11.8 Å². The first-order chi connectivity index (χ1) is 11.0. The minimum Gasteiger partial charge on any atom is -0.351 e. The van der Waals surface area contributed by atoms with Gasteiger partial charge in [-0.3, -0.25) is 9.59 Å². The van der Waals surface area contributed by atoms with E-state index in [1.165, 1.54) is 0 Å². The minimum absolute atomic E-state index is 0.102. The highest BCUT2D eigenvalue weighted by atomic mass is 16.2. The van der Waals surface area contributed by atoms with Crippen molar-refractivity contribution in [3.63, 3.8) is 0 Å². The van der Waals surface area contributed by atoms with Gasteiger partial charge in [-0.25, -0.2) is 4.98 Å². The van der Waals surface area contributed by atoms with Gasteiger partial charge in [-0.05, 0) is 31.5 Å². The fourth-order valence-electron chi connectivity index (χ4n) is 2.42. The van der Waals surface area contributed by atoms with Gasteiger partial charge in [0.05, 0.1) is 0 Å². The highest BCUT2D eigenvalue weighted by molar-refractivity contribution is 5.96. The molecular weight excluding hydrogens is 292 g/mol. The number of carbonyl (C=O) groups is 2. The van der Waals surface area contributed by atoms with Gasteiger partial charge in [0.15, 0.2) is 0 Å². The second-order valence-electron chi connectivity index (χ2n) is 6.44. The van der Waals surface area contributed by atoms with Crippen LogP contribution in [-0.4, -0.2) is 66.4 Å². The molecule has 1 aliphatic rings. The third-order valence-electron chi connectivity index (χ3n) is 4.00.